The second kappa shape index (κ2) is 7.86. The number of rotatable bonds is 7. The van der Waals surface area contributed by atoms with Gasteiger partial charge in [-0.2, -0.15) is 0 Å². The first-order valence-corrected chi connectivity index (χ1v) is 11.0. The van der Waals surface area contributed by atoms with Crippen molar-refractivity contribution in [3.8, 4) is 0 Å². The summed E-state index contributed by atoms with van der Waals surface area (Å²) in [6, 6.07) is 21.4. The van der Waals surface area contributed by atoms with Crippen molar-refractivity contribution < 1.29 is 9.53 Å². The molecule has 136 valence electrons. The van der Waals surface area contributed by atoms with Crippen molar-refractivity contribution in [2.24, 2.45) is 5.41 Å². The molecule has 0 aliphatic rings. The van der Waals surface area contributed by atoms with Gasteiger partial charge in [0.25, 0.3) is 8.32 Å². The average Bonchev–Trinajstić information content (AvgIpc) is 2.59. The Morgan fingerprint density at radius 1 is 0.800 bits per heavy atom. The fourth-order valence-electron chi connectivity index (χ4n) is 3.32. The van der Waals surface area contributed by atoms with Gasteiger partial charge in [0.05, 0.1) is 0 Å². The van der Waals surface area contributed by atoms with E-state index in [0.717, 1.165) is 6.42 Å². The third kappa shape index (κ3) is 4.41. The molecule has 0 unspecified atom stereocenters. The summed E-state index contributed by atoms with van der Waals surface area (Å²) in [7, 11) is -2.44. The Balaban J connectivity index is 2.49. The average molecular weight is 357 g/mol. The first kappa shape index (κ1) is 19.9. The maximum Gasteiger partial charge on any atom is 0.261 e. The summed E-state index contributed by atoms with van der Waals surface area (Å²) in [5, 5.41) is 12.2. The van der Waals surface area contributed by atoms with Crippen LogP contribution in [0.3, 0.4) is 0 Å². The molecule has 0 amide bonds. The smallest absolute Gasteiger partial charge is 0.261 e. The van der Waals surface area contributed by atoms with Crippen LogP contribution in [-0.2, 0) is 4.43 Å². The van der Waals surface area contributed by atoms with Crippen molar-refractivity contribution in [2.75, 3.05) is 13.2 Å². The van der Waals surface area contributed by atoms with E-state index in [9.17, 15) is 5.11 Å². The van der Waals surface area contributed by atoms with Crippen LogP contribution in [0.4, 0.5) is 0 Å². The Kier molecular flexibility index (Phi) is 6.25. The van der Waals surface area contributed by atoms with E-state index in [2.05, 4.69) is 95.3 Å². The lowest BCUT2D eigenvalue weighted by atomic mass is 9.91. The van der Waals surface area contributed by atoms with Crippen LogP contribution in [0, 0.1) is 5.41 Å². The summed E-state index contributed by atoms with van der Waals surface area (Å²) in [6.07, 6.45) is 0.841. The molecule has 0 bridgehead atoms. The number of benzene rings is 2. The van der Waals surface area contributed by atoms with Crippen molar-refractivity contribution in [1.29, 1.82) is 0 Å². The van der Waals surface area contributed by atoms with Crippen LogP contribution in [-0.4, -0.2) is 26.6 Å². The Labute approximate surface area is 154 Å². The van der Waals surface area contributed by atoms with Gasteiger partial charge in [-0.25, -0.2) is 0 Å². The molecule has 0 atom stereocenters. The fraction of sp³-hybridized carbons (Fsp3) is 0.455. The highest BCUT2D eigenvalue weighted by molar-refractivity contribution is 6.99. The standard InChI is InChI=1S/C22H32O2Si/c1-21(2,3)25(19-12-8-6-9-13-19,20-14-10-7-11-15-20)24-17-16-22(4,5)18-23/h6-15,23H,16-18H2,1-5H3. The van der Waals surface area contributed by atoms with Crippen molar-refractivity contribution in [3.05, 3.63) is 60.7 Å². The van der Waals surface area contributed by atoms with Gasteiger partial charge in [0.1, 0.15) is 0 Å². The highest BCUT2D eigenvalue weighted by atomic mass is 28.4. The minimum Gasteiger partial charge on any atom is -0.407 e. The molecule has 0 saturated carbocycles. The minimum atomic E-state index is -2.44. The van der Waals surface area contributed by atoms with E-state index in [1.165, 1.54) is 10.4 Å². The number of aliphatic hydroxyl groups excluding tert-OH is 1. The lowest BCUT2D eigenvalue weighted by Crippen LogP contribution is -2.66. The number of aliphatic hydroxyl groups is 1. The lowest BCUT2D eigenvalue weighted by Gasteiger charge is -2.43. The van der Waals surface area contributed by atoms with Crippen LogP contribution in [0.25, 0.3) is 0 Å². The van der Waals surface area contributed by atoms with Gasteiger partial charge in [0, 0.05) is 13.2 Å². The topological polar surface area (TPSA) is 29.5 Å². The quantitative estimate of drug-likeness (QED) is 0.761. The molecule has 0 aromatic heterocycles. The third-order valence-corrected chi connectivity index (χ3v) is 9.98. The van der Waals surface area contributed by atoms with Crippen LogP contribution in [0.2, 0.25) is 5.04 Å². The zero-order valence-corrected chi connectivity index (χ0v) is 17.3. The van der Waals surface area contributed by atoms with Gasteiger partial charge < -0.3 is 9.53 Å². The van der Waals surface area contributed by atoms with Crippen molar-refractivity contribution in [2.45, 2.75) is 46.1 Å². The monoisotopic (exact) mass is 356 g/mol. The zero-order valence-electron chi connectivity index (χ0n) is 16.3. The van der Waals surface area contributed by atoms with Crippen LogP contribution < -0.4 is 10.4 Å². The molecule has 0 aliphatic heterocycles. The largest absolute Gasteiger partial charge is 0.407 e. The fourth-order valence-corrected chi connectivity index (χ4v) is 7.88. The van der Waals surface area contributed by atoms with E-state index in [1.807, 2.05) is 0 Å². The second-order valence-corrected chi connectivity index (χ2v) is 12.9. The summed E-state index contributed by atoms with van der Waals surface area (Å²) >= 11 is 0. The molecule has 0 radical (unpaired) electrons. The van der Waals surface area contributed by atoms with E-state index in [0.29, 0.717) is 6.61 Å². The molecule has 2 aromatic rings. The third-order valence-electron chi connectivity index (χ3n) is 4.94. The molecular formula is C22H32O2Si. The van der Waals surface area contributed by atoms with E-state index < -0.39 is 8.32 Å². The minimum absolute atomic E-state index is 0.000928. The predicted octanol–water partition coefficient (Wildman–Crippen LogP) is 3.97. The molecule has 25 heavy (non-hydrogen) atoms. The van der Waals surface area contributed by atoms with E-state index >= 15 is 0 Å². The van der Waals surface area contributed by atoms with Crippen molar-refractivity contribution in [1.82, 2.24) is 0 Å². The normalized spacial score (nSPS) is 13.0. The highest BCUT2D eigenvalue weighted by Gasteiger charge is 2.50. The van der Waals surface area contributed by atoms with Crippen molar-refractivity contribution in [3.63, 3.8) is 0 Å². The molecule has 0 fully saturated rings. The highest BCUT2D eigenvalue weighted by Crippen LogP contribution is 2.37. The summed E-state index contributed by atoms with van der Waals surface area (Å²) < 4.78 is 6.83. The second-order valence-electron chi connectivity index (χ2n) is 8.58. The number of hydrogen-bond acceptors (Lipinski definition) is 2. The molecule has 3 heteroatoms. The summed E-state index contributed by atoms with van der Waals surface area (Å²) in [5.41, 5.74) is -0.120. The van der Waals surface area contributed by atoms with E-state index in [1.54, 1.807) is 0 Å². The summed E-state index contributed by atoms with van der Waals surface area (Å²) in [6.45, 7) is 11.9. The van der Waals surface area contributed by atoms with Crippen molar-refractivity contribution >= 4 is 18.7 Å². The predicted molar refractivity (Wildman–Crippen MR) is 109 cm³/mol. The summed E-state index contributed by atoms with van der Waals surface area (Å²) in [5.74, 6) is 0. The molecule has 0 saturated heterocycles. The van der Waals surface area contributed by atoms with Gasteiger partial charge in [-0.15, -0.1) is 0 Å². The molecule has 2 rings (SSSR count). The van der Waals surface area contributed by atoms with Gasteiger partial charge in [-0.1, -0.05) is 95.3 Å². The van der Waals surface area contributed by atoms with Gasteiger partial charge >= 0.3 is 0 Å². The lowest BCUT2D eigenvalue weighted by molar-refractivity contribution is 0.125. The first-order valence-electron chi connectivity index (χ1n) is 9.09. The van der Waals surface area contributed by atoms with E-state index in [-0.39, 0.29) is 17.1 Å². The van der Waals surface area contributed by atoms with Gasteiger partial charge in [0.15, 0.2) is 0 Å². The number of hydrogen-bond donors (Lipinski definition) is 1. The van der Waals surface area contributed by atoms with Crippen LogP contribution >= 0.6 is 0 Å². The molecule has 2 nitrogen and oxygen atoms in total. The van der Waals surface area contributed by atoms with Crippen LogP contribution in [0.5, 0.6) is 0 Å². The van der Waals surface area contributed by atoms with E-state index in [4.69, 9.17) is 4.43 Å². The maximum absolute atomic E-state index is 9.57. The van der Waals surface area contributed by atoms with Gasteiger partial charge in [-0.3, -0.25) is 0 Å². The van der Waals surface area contributed by atoms with Gasteiger partial charge in [0.2, 0.25) is 0 Å². The van der Waals surface area contributed by atoms with Crippen LogP contribution in [0.1, 0.15) is 41.0 Å². The maximum atomic E-state index is 9.57. The Hall–Kier alpha value is -1.42. The Morgan fingerprint density at radius 3 is 1.60 bits per heavy atom. The molecule has 0 aliphatic carbocycles. The zero-order chi connectivity index (χ0) is 18.6. The Morgan fingerprint density at radius 2 is 1.24 bits per heavy atom. The summed E-state index contributed by atoms with van der Waals surface area (Å²) in [4.78, 5) is 0. The molecule has 1 N–H and O–H groups in total. The van der Waals surface area contributed by atoms with Crippen LogP contribution in [0.15, 0.2) is 60.7 Å². The Bertz CT molecular complexity index is 605. The molecule has 0 spiro atoms. The SMILES string of the molecule is CC(C)(CO)CCO[Si](c1ccccc1)(c1ccccc1)C(C)(C)C. The molecule has 0 heterocycles. The first-order chi connectivity index (χ1) is 11.7. The molecular weight excluding hydrogens is 324 g/mol. The molecule has 2 aromatic carbocycles. The van der Waals surface area contributed by atoms with Gasteiger partial charge in [-0.05, 0) is 27.2 Å².